The number of anilines is 3. The molecule has 9 aromatic carbocycles. The summed E-state index contributed by atoms with van der Waals surface area (Å²) in [5, 5.41) is 6.43. The summed E-state index contributed by atoms with van der Waals surface area (Å²) < 4.78 is 3.78. The molecule has 11 aromatic rings. The highest BCUT2D eigenvalue weighted by atomic mass is 32.1. The average Bonchev–Trinajstić information content (AvgIpc) is 3.88. The number of benzene rings is 9. The highest BCUT2D eigenvalue weighted by molar-refractivity contribution is 7.20. The van der Waals surface area contributed by atoms with Crippen molar-refractivity contribution in [3.8, 4) is 39.1 Å². The maximum absolute atomic E-state index is 2.40. The van der Waals surface area contributed by atoms with Crippen LogP contribution >= 0.6 is 11.3 Å². The third-order valence-corrected chi connectivity index (χ3v) is 13.7. The van der Waals surface area contributed by atoms with Gasteiger partial charge in [0.25, 0.3) is 0 Å². The molecular formula is C58H40N2S. The fourth-order valence-corrected chi connectivity index (χ4v) is 10.8. The highest BCUT2D eigenvalue weighted by Crippen LogP contribution is 2.43. The summed E-state index contributed by atoms with van der Waals surface area (Å²) in [4.78, 5) is 3.80. The number of rotatable bonds is 7. The second-order valence-electron chi connectivity index (χ2n) is 16.0. The molecule has 0 amide bonds. The van der Waals surface area contributed by atoms with Crippen LogP contribution in [0.5, 0.6) is 0 Å². The number of aromatic nitrogens is 1. The number of hydrogen-bond donors (Lipinski definition) is 0. The minimum absolute atomic E-state index is 1.10. The van der Waals surface area contributed by atoms with Gasteiger partial charge in [0.2, 0.25) is 0 Å². The number of nitrogens with zero attached hydrogens (tertiary/aromatic N) is 2. The third-order valence-electron chi connectivity index (χ3n) is 12.4. The van der Waals surface area contributed by atoms with Gasteiger partial charge in [0.1, 0.15) is 0 Å². The Labute approximate surface area is 359 Å². The zero-order valence-electron chi connectivity index (χ0n) is 33.5. The van der Waals surface area contributed by atoms with Crippen molar-refractivity contribution in [2.45, 2.75) is 12.8 Å². The molecule has 2 aromatic heterocycles. The Balaban J connectivity index is 0.957. The number of aryl methyl sites for hydroxylation is 1. The fraction of sp³-hybridized carbons (Fsp3) is 0.0345. The fourth-order valence-electron chi connectivity index (χ4n) is 9.49. The average molecular weight is 797 g/mol. The van der Waals surface area contributed by atoms with Gasteiger partial charge >= 0.3 is 0 Å². The Morgan fingerprint density at radius 1 is 0.426 bits per heavy atom. The molecule has 0 radical (unpaired) electrons. The van der Waals surface area contributed by atoms with Crippen molar-refractivity contribution < 1.29 is 0 Å². The van der Waals surface area contributed by atoms with Gasteiger partial charge in [-0.1, -0.05) is 146 Å². The molecule has 1 aliphatic rings. The van der Waals surface area contributed by atoms with Crippen LogP contribution in [-0.2, 0) is 6.42 Å². The van der Waals surface area contributed by atoms with Crippen LogP contribution in [0, 0.1) is 0 Å². The van der Waals surface area contributed by atoms with Crippen molar-refractivity contribution in [2.75, 3.05) is 4.90 Å². The van der Waals surface area contributed by atoms with Crippen LogP contribution < -0.4 is 4.90 Å². The van der Waals surface area contributed by atoms with Crippen LogP contribution in [0.25, 0.3) is 87.8 Å². The largest absolute Gasteiger partial charge is 0.310 e. The van der Waals surface area contributed by atoms with Crippen LogP contribution in [0.15, 0.2) is 212 Å². The number of hydrogen-bond acceptors (Lipinski definition) is 2. The maximum atomic E-state index is 2.40. The molecule has 0 bridgehead atoms. The first-order valence-corrected chi connectivity index (χ1v) is 21.9. The lowest BCUT2D eigenvalue weighted by atomic mass is 9.97. The number of thiophene rings is 1. The summed E-state index contributed by atoms with van der Waals surface area (Å²) in [6, 6.07) is 75.7. The predicted octanol–water partition coefficient (Wildman–Crippen LogP) is 16.6. The Hall–Kier alpha value is -7.46. The highest BCUT2D eigenvalue weighted by Gasteiger charge is 2.19. The molecule has 3 heteroatoms. The first kappa shape index (κ1) is 35.5. The first-order chi connectivity index (χ1) is 30.2. The SMILES string of the molecule is C1=Cc2sc3c(-c4ccc(N(c5ccc(-c6cccc(-c7ccc8ccccc8c7)c6)cc5)c5cccc(-n6c7ccccc7c7ccccc76)c5)cc4)cccc3c2CC1. The van der Waals surface area contributed by atoms with E-state index in [1.807, 2.05) is 11.3 Å². The van der Waals surface area contributed by atoms with Gasteiger partial charge in [-0.15, -0.1) is 11.3 Å². The van der Waals surface area contributed by atoms with E-state index in [0.717, 1.165) is 35.6 Å². The van der Waals surface area contributed by atoms with Gasteiger partial charge in [-0.2, -0.15) is 0 Å². The van der Waals surface area contributed by atoms with Crippen molar-refractivity contribution in [2.24, 2.45) is 0 Å². The molecule has 0 N–H and O–H groups in total. The van der Waals surface area contributed by atoms with Gasteiger partial charge in [-0.3, -0.25) is 0 Å². The van der Waals surface area contributed by atoms with E-state index in [2.05, 4.69) is 228 Å². The van der Waals surface area contributed by atoms with Gasteiger partial charge < -0.3 is 9.47 Å². The summed E-state index contributed by atoms with van der Waals surface area (Å²) in [7, 11) is 0. The minimum atomic E-state index is 1.10. The Bertz CT molecular complexity index is 3420. The monoisotopic (exact) mass is 796 g/mol. The molecule has 0 atom stereocenters. The molecular weight excluding hydrogens is 757 g/mol. The van der Waals surface area contributed by atoms with Crippen LogP contribution in [0.3, 0.4) is 0 Å². The summed E-state index contributed by atoms with van der Waals surface area (Å²) in [5.41, 5.74) is 15.7. The second-order valence-corrected chi connectivity index (χ2v) is 17.1. The molecule has 0 spiro atoms. The van der Waals surface area contributed by atoms with Gasteiger partial charge in [-0.05, 0) is 141 Å². The molecule has 2 nitrogen and oxygen atoms in total. The molecule has 1 aliphatic carbocycles. The van der Waals surface area contributed by atoms with Crippen molar-refractivity contribution in [3.05, 3.63) is 223 Å². The standard InChI is InChI=1S/C58H40N2S/c1-2-13-42-37-45(27-26-39(42)12-1)44-15-9-14-43(36-44)40-28-32-46(33-29-40)59(47-34-30-41(31-35-47)50-21-11-22-54-53-20-5-8-25-57(53)61-58(50)54)48-16-10-17-49(38-48)60-55-23-6-3-18-51(55)52-19-4-7-24-56(52)60/h1-4,6-19,21-38H,5,20H2. The smallest absolute Gasteiger partial charge is 0.0541 e. The second kappa shape index (κ2) is 14.7. The lowest BCUT2D eigenvalue weighted by molar-refractivity contribution is 1.01. The summed E-state index contributed by atoms with van der Waals surface area (Å²) in [5.74, 6) is 0. The van der Waals surface area contributed by atoms with Crippen LogP contribution in [0.4, 0.5) is 17.1 Å². The van der Waals surface area contributed by atoms with Crippen LogP contribution in [0.2, 0.25) is 0 Å². The normalized spacial score (nSPS) is 12.4. The summed E-state index contributed by atoms with van der Waals surface area (Å²) in [6.45, 7) is 0. The maximum Gasteiger partial charge on any atom is 0.0541 e. The quantitative estimate of drug-likeness (QED) is 0.156. The topological polar surface area (TPSA) is 8.17 Å². The van der Waals surface area contributed by atoms with Crippen molar-refractivity contribution >= 4 is 77.1 Å². The molecule has 288 valence electrons. The summed E-state index contributed by atoms with van der Waals surface area (Å²) in [6.07, 6.45) is 6.86. The first-order valence-electron chi connectivity index (χ1n) is 21.1. The van der Waals surface area contributed by atoms with E-state index in [1.165, 1.54) is 86.5 Å². The van der Waals surface area contributed by atoms with Gasteiger partial charge in [0.15, 0.2) is 0 Å². The van der Waals surface area contributed by atoms with Crippen molar-refractivity contribution in [1.82, 2.24) is 4.57 Å². The van der Waals surface area contributed by atoms with E-state index >= 15 is 0 Å². The molecule has 2 heterocycles. The van der Waals surface area contributed by atoms with Gasteiger partial charge in [0.05, 0.1) is 11.0 Å². The molecule has 0 aliphatic heterocycles. The Morgan fingerprint density at radius 3 is 1.80 bits per heavy atom. The minimum Gasteiger partial charge on any atom is -0.310 e. The van der Waals surface area contributed by atoms with Crippen molar-refractivity contribution in [1.29, 1.82) is 0 Å². The van der Waals surface area contributed by atoms with Crippen LogP contribution in [-0.4, -0.2) is 4.57 Å². The molecule has 0 fully saturated rings. The molecule has 61 heavy (non-hydrogen) atoms. The van der Waals surface area contributed by atoms with Gasteiger partial charge in [-0.25, -0.2) is 0 Å². The molecule has 0 unspecified atom stereocenters. The van der Waals surface area contributed by atoms with E-state index in [1.54, 1.807) is 0 Å². The van der Waals surface area contributed by atoms with Gasteiger partial charge in [0, 0.05) is 43.1 Å². The van der Waals surface area contributed by atoms with E-state index in [9.17, 15) is 0 Å². The molecule has 12 rings (SSSR count). The summed E-state index contributed by atoms with van der Waals surface area (Å²) >= 11 is 1.93. The zero-order chi connectivity index (χ0) is 40.3. The molecule has 0 saturated carbocycles. The Morgan fingerprint density at radius 2 is 1.03 bits per heavy atom. The van der Waals surface area contributed by atoms with E-state index in [4.69, 9.17) is 0 Å². The molecule has 0 saturated heterocycles. The number of allylic oxidation sites excluding steroid dienone is 1. The lowest BCUT2D eigenvalue weighted by Gasteiger charge is -2.26. The van der Waals surface area contributed by atoms with E-state index in [0.29, 0.717) is 0 Å². The number of fused-ring (bicyclic) bond motifs is 7. The zero-order valence-corrected chi connectivity index (χ0v) is 34.3. The lowest BCUT2D eigenvalue weighted by Crippen LogP contribution is -2.10. The third kappa shape index (κ3) is 6.17. The Kier molecular flexibility index (Phi) is 8.53. The van der Waals surface area contributed by atoms with Crippen LogP contribution in [0.1, 0.15) is 16.9 Å². The number of para-hydroxylation sites is 2. The van der Waals surface area contributed by atoms with E-state index < -0.39 is 0 Å². The predicted molar refractivity (Wildman–Crippen MR) is 262 cm³/mol. The van der Waals surface area contributed by atoms with Crippen molar-refractivity contribution in [3.63, 3.8) is 0 Å². The van der Waals surface area contributed by atoms with E-state index in [-0.39, 0.29) is 0 Å².